The van der Waals surface area contributed by atoms with Crippen LogP contribution in [0.15, 0.2) is 24.3 Å². The lowest BCUT2D eigenvalue weighted by Crippen LogP contribution is -2.56. The van der Waals surface area contributed by atoms with Crippen LogP contribution in [0.1, 0.15) is 20.8 Å². The van der Waals surface area contributed by atoms with Gasteiger partial charge in [-0.25, -0.2) is 4.79 Å². The van der Waals surface area contributed by atoms with Gasteiger partial charge in [0.15, 0.2) is 0 Å². The Bertz CT molecular complexity index is 408. The molecule has 3 N–H and O–H groups in total. The van der Waals surface area contributed by atoms with Crippen molar-refractivity contribution in [2.45, 2.75) is 20.8 Å². The lowest BCUT2D eigenvalue weighted by molar-refractivity contribution is 0.0859. The van der Waals surface area contributed by atoms with Crippen molar-refractivity contribution in [2.24, 2.45) is 5.73 Å². The highest BCUT2D eigenvalue weighted by molar-refractivity contribution is 6.75. The van der Waals surface area contributed by atoms with Crippen molar-refractivity contribution in [1.29, 1.82) is 0 Å². The van der Waals surface area contributed by atoms with Crippen LogP contribution in [-0.4, -0.2) is 34.7 Å². The van der Waals surface area contributed by atoms with E-state index in [1.54, 1.807) is 12.1 Å². The lowest BCUT2D eigenvalue weighted by Gasteiger charge is -2.28. The molecule has 0 aliphatic carbocycles. The molecule has 112 valence electrons. The Kier molecular flexibility index (Phi) is 6.66. The molecule has 0 heterocycles. The molecule has 0 saturated carbocycles. The number of carbonyl (C=O) groups excluding carboxylic acids is 1. The van der Waals surface area contributed by atoms with Crippen molar-refractivity contribution < 1.29 is 18.1 Å². The molecule has 0 bridgehead atoms. The summed E-state index contributed by atoms with van der Waals surface area (Å²) in [7, 11) is -2.88. The number of amides is 2. The fourth-order valence-electron chi connectivity index (χ4n) is 1.85. The van der Waals surface area contributed by atoms with Crippen molar-refractivity contribution in [3.05, 3.63) is 24.3 Å². The van der Waals surface area contributed by atoms with Gasteiger partial charge in [0.1, 0.15) is 0 Å². The summed E-state index contributed by atoms with van der Waals surface area (Å²) in [5.41, 5.74) is 5.70. The van der Waals surface area contributed by atoms with Gasteiger partial charge in [-0.1, -0.05) is 12.1 Å². The average molecular weight is 298 g/mol. The first-order valence-corrected chi connectivity index (χ1v) is 8.39. The number of nitrogens with two attached hydrogens (primary N) is 1. The molecular formula is C13H22N2O4Si. The Morgan fingerprint density at radius 1 is 1.05 bits per heavy atom. The van der Waals surface area contributed by atoms with Gasteiger partial charge in [0.25, 0.3) is 0 Å². The van der Waals surface area contributed by atoms with E-state index in [4.69, 9.17) is 19.0 Å². The summed E-state index contributed by atoms with van der Waals surface area (Å²) in [6.45, 7) is 7.24. The number of hydrogen-bond donors (Lipinski definition) is 2. The van der Waals surface area contributed by atoms with E-state index in [0.29, 0.717) is 25.5 Å². The van der Waals surface area contributed by atoms with Gasteiger partial charge in [0, 0.05) is 30.7 Å². The summed E-state index contributed by atoms with van der Waals surface area (Å²) in [6, 6.07) is 6.56. The number of hydrogen-bond acceptors (Lipinski definition) is 4. The Morgan fingerprint density at radius 3 is 1.85 bits per heavy atom. The second-order valence-corrected chi connectivity index (χ2v) is 6.48. The monoisotopic (exact) mass is 298 g/mol. The quantitative estimate of drug-likeness (QED) is 0.711. The van der Waals surface area contributed by atoms with Crippen molar-refractivity contribution in [1.82, 2.24) is 0 Å². The van der Waals surface area contributed by atoms with Crippen molar-refractivity contribution >= 4 is 25.7 Å². The van der Waals surface area contributed by atoms with Gasteiger partial charge in [-0.2, -0.15) is 0 Å². The van der Waals surface area contributed by atoms with Crippen LogP contribution in [0, 0.1) is 0 Å². The Morgan fingerprint density at radius 2 is 1.50 bits per heavy atom. The smallest absolute Gasteiger partial charge is 0.370 e. The van der Waals surface area contributed by atoms with E-state index in [2.05, 4.69) is 5.32 Å². The summed E-state index contributed by atoms with van der Waals surface area (Å²) in [6.07, 6.45) is 0. The maximum absolute atomic E-state index is 10.8. The van der Waals surface area contributed by atoms with Crippen LogP contribution in [0.2, 0.25) is 0 Å². The zero-order valence-electron chi connectivity index (χ0n) is 12.1. The molecule has 7 heteroatoms. The topological polar surface area (TPSA) is 82.8 Å². The second kappa shape index (κ2) is 8.00. The number of rotatable bonds is 8. The number of carbonyl (C=O) groups is 1. The van der Waals surface area contributed by atoms with Gasteiger partial charge in [-0.05, 0) is 32.9 Å². The second-order valence-electron chi connectivity index (χ2n) is 3.92. The number of nitrogens with one attached hydrogen (secondary N) is 1. The third kappa shape index (κ3) is 4.31. The van der Waals surface area contributed by atoms with Crippen LogP contribution in [0.25, 0.3) is 0 Å². The molecule has 6 nitrogen and oxygen atoms in total. The zero-order valence-corrected chi connectivity index (χ0v) is 13.1. The van der Waals surface area contributed by atoms with Crippen molar-refractivity contribution in [3.63, 3.8) is 0 Å². The van der Waals surface area contributed by atoms with Crippen molar-refractivity contribution in [2.75, 3.05) is 25.1 Å². The average Bonchev–Trinajstić information content (AvgIpc) is 2.39. The molecule has 1 rings (SSSR count). The number of urea groups is 1. The maximum Gasteiger partial charge on any atom is 0.537 e. The molecule has 2 amide bonds. The van der Waals surface area contributed by atoms with Crippen LogP contribution in [-0.2, 0) is 13.3 Å². The molecule has 0 atom stereocenters. The fraction of sp³-hybridized carbons (Fsp3) is 0.462. The zero-order chi connectivity index (χ0) is 15.0. The molecular weight excluding hydrogens is 276 g/mol. The minimum absolute atomic E-state index is 0.507. The van der Waals surface area contributed by atoms with Crippen LogP contribution >= 0.6 is 0 Å². The molecule has 20 heavy (non-hydrogen) atoms. The standard InChI is InChI=1S/C13H22N2O4Si/c1-4-17-20(18-5-2,19-6-3)12-9-7-11(8-10-12)15-13(14)16/h7-10H,4-6H2,1-3H3,(H3,14,15,16). The Hall–Kier alpha value is -1.41. The first-order valence-electron chi connectivity index (χ1n) is 6.66. The molecule has 0 spiro atoms. The van der Waals surface area contributed by atoms with E-state index < -0.39 is 14.8 Å². The highest BCUT2D eigenvalue weighted by Gasteiger charge is 2.43. The van der Waals surface area contributed by atoms with E-state index in [1.165, 1.54) is 0 Å². The van der Waals surface area contributed by atoms with Crippen LogP contribution in [0.4, 0.5) is 10.5 Å². The molecule has 0 aliphatic rings. The highest BCUT2D eigenvalue weighted by Crippen LogP contribution is 2.13. The predicted octanol–water partition coefficient (Wildman–Crippen LogP) is 1.43. The van der Waals surface area contributed by atoms with Gasteiger partial charge >= 0.3 is 14.8 Å². The SMILES string of the molecule is CCO[Si](OCC)(OCC)c1ccc(NC(N)=O)cc1. The van der Waals surface area contributed by atoms with E-state index in [1.807, 2.05) is 32.9 Å². The number of primary amides is 1. The largest absolute Gasteiger partial charge is 0.537 e. The lowest BCUT2D eigenvalue weighted by atomic mass is 10.3. The summed E-state index contributed by atoms with van der Waals surface area (Å²) >= 11 is 0. The molecule has 0 unspecified atom stereocenters. The molecule has 0 radical (unpaired) electrons. The van der Waals surface area contributed by atoms with Gasteiger partial charge in [0.05, 0.1) is 0 Å². The van der Waals surface area contributed by atoms with Gasteiger partial charge in [-0.3, -0.25) is 0 Å². The van der Waals surface area contributed by atoms with Crippen molar-refractivity contribution in [3.8, 4) is 0 Å². The number of benzene rings is 1. The minimum Gasteiger partial charge on any atom is -0.370 e. The predicted molar refractivity (Wildman–Crippen MR) is 79.9 cm³/mol. The Balaban J connectivity index is 3.02. The molecule has 0 fully saturated rings. The number of anilines is 1. The summed E-state index contributed by atoms with van der Waals surface area (Å²) < 4.78 is 17.4. The van der Waals surface area contributed by atoms with Crippen LogP contribution in [0.5, 0.6) is 0 Å². The third-order valence-electron chi connectivity index (χ3n) is 2.51. The molecule has 0 saturated heterocycles. The molecule has 0 aliphatic heterocycles. The van der Waals surface area contributed by atoms with E-state index in [0.717, 1.165) is 5.19 Å². The minimum atomic E-state index is -2.88. The first-order chi connectivity index (χ1) is 9.57. The van der Waals surface area contributed by atoms with Gasteiger partial charge in [0.2, 0.25) is 0 Å². The normalized spacial score (nSPS) is 11.3. The first kappa shape index (κ1) is 16.6. The fourth-order valence-corrected chi connectivity index (χ4v) is 4.31. The van der Waals surface area contributed by atoms with Gasteiger partial charge in [-0.15, -0.1) is 0 Å². The van der Waals surface area contributed by atoms with E-state index >= 15 is 0 Å². The molecule has 1 aromatic carbocycles. The van der Waals surface area contributed by atoms with E-state index in [9.17, 15) is 4.79 Å². The third-order valence-corrected chi connectivity index (χ3v) is 5.56. The summed E-state index contributed by atoms with van der Waals surface area (Å²) in [4.78, 5) is 10.8. The van der Waals surface area contributed by atoms with Crippen LogP contribution in [0.3, 0.4) is 0 Å². The highest BCUT2D eigenvalue weighted by atomic mass is 28.4. The summed E-state index contributed by atoms with van der Waals surface area (Å²) in [5.74, 6) is 0. The van der Waals surface area contributed by atoms with Gasteiger partial charge < -0.3 is 24.3 Å². The molecule has 1 aromatic rings. The summed E-state index contributed by atoms with van der Waals surface area (Å²) in [5, 5.41) is 3.37. The van der Waals surface area contributed by atoms with Crippen LogP contribution < -0.4 is 16.2 Å². The Labute approximate surface area is 120 Å². The maximum atomic E-state index is 10.8. The molecule has 0 aromatic heterocycles. The van der Waals surface area contributed by atoms with E-state index in [-0.39, 0.29) is 0 Å².